The number of hydrogen-bond acceptors (Lipinski definition) is 1. The number of allylic oxidation sites excluding steroid dienone is 7. The van der Waals surface area contributed by atoms with Crippen molar-refractivity contribution in [1.29, 1.82) is 0 Å². The van der Waals surface area contributed by atoms with E-state index in [-0.39, 0.29) is 10.8 Å². The van der Waals surface area contributed by atoms with Gasteiger partial charge in [-0.05, 0) is 157 Å². The van der Waals surface area contributed by atoms with Crippen molar-refractivity contribution in [2.75, 3.05) is 7.11 Å². The zero-order chi connectivity index (χ0) is 43.1. The molecular weight excluding hydrogens is 717 g/mol. The lowest BCUT2D eigenvalue weighted by Crippen LogP contribution is -2.46. The maximum atomic E-state index is 6.61. The van der Waals surface area contributed by atoms with Crippen LogP contribution < -0.4 is 0 Å². The fraction of sp³-hybridized carbons (Fsp3) is 0.643. The Morgan fingerprint density at radius 1 is 0.552 bits per heavy atom. The number of fused-ring (bicyclic) bond motifs is 2. The summed E-state index contributed by atoms with van der Waals surface area (Å²) in [6, 6.07) is 15.2. The first-order valence-electron chi connectivity index (χ1n) is 23.5. The number of rotatable bonds is 9. The first-order valence-corrected chi connectivity index (χ1v) is 26.7. The van der Waals surface area contributed by atoms with E-state index in [9.17, 15) is 0 Å². The zero-order valence-corrected chi connectivity index (χ0v) is 41.9. The summed E-state index contributed by atoms with van der Waals surface area (Å²) in [6.07, 6.45) is 8.18. The lowest BCUT2D eigenvalue weighted by molar-refractivity contribution is 0.274. The standard InChI is InChI=1S/C56H84OSi/c1-31(2)38-23-39(32(3)4)26-42(25-38)50-37(11)48(55(12,13)14)29-46-44(50)21-35(9)53(46)58(19,20)54-36(10)22-45-47(54)30-49(56(15,16)17)52(57-18)51(45)43-27-40(33(5)6)24-41(28-43)34(7)8/h23-36,44-47,53-54H,21-22H2,1-20H3. The summed E-state index contributed by atoms with van der Waals surface area (Å²) in [4.78, 5) is 0. The van der Waals surface area contributed by atoms with Crippen molar-refractivity contribution < 1.29 is 4.74 Å². The summed E-state index contributed by atoms with van der Waals surface area (Å²) in [5.41, 5.74) is 18.1. The van der Waals surface area contributed by atoms with Crippen LogP contribution in [0.3, 0.4) is 0 Å². The van der Waals surface area contributed by atoms with Crippen LogP contribution in [-0.2, 0) is 4.74 Å². The normalized spacial score (nSPS) is 28.2. The van der Waals surface area contributed by atoms with Gasteiger partial charge in [-0.1, -0.05) is 172 Å². The van der Waals surface area contributed by atoms with Gasteiger partial charge in [-0.25, -0.2) is 0 Å². The minimum Gasteiger partial charge on any atom is -0.496 e. The minimum atomic E-state index is -1.96. The molecule has 0 aromatic heterocycles. The van der Waals surface area contributed by atoms with Gasteiger partial charge in [0.05, 0.1) is 15.2 Å². The van der Waals surface area contributed by atoms with Crippen LogP contribution >= 0.6 is 0 Å². The third-order valence-corrected chi connectivity index (χ3v) is 21.1. The molecule has 0 aliphatic heterocycles. The minimum absolute atomic E-state index is 0.0176. The van der Waals surface area contributed by atoms with Crippen LogP contribution in [0.25, 0.3) is 11.1 Å². The molecule has 0 saturated heterocycles. The maximum Gasteiger partial charge on any atom is 0.126 e. The molecule has 2 heteroatoms. The molecule has 0 N–H and O–H groups in total. The Kier molecular flexibility index (Phi) is 12.4. The lowest BCUT2D eigenvalue weighted by Gasteiger charge is -2.47. The molecule has 4 aliphatic carbocycles. The number of benzene rings is 2. The topological polar surface area (TPSA) is 9.23 Å². The largest absolute Gasteiger partial charge is 0.496 e. The molecule has 2 aromatic rings. The number of hydrogen-bond donors (Lipinski definition) is 0. The molecule has 8 atom stereocenters. The summed E-state index contributed by atoms with van der Waals surface area (Å²) in [5.74, 6) is 6.64. The highest BCUT2D eigenvalue weighted by Crippen LogP contribution is 2.67. The van der Waals surface area contributed by atoms with Crippen molar-refractivity contribution in [2.24, 2.45) is 46.3 Å². The van der Waals surface area contributed by atoms with Crippen molar-refractivity contribution >= 4 is 19.2 Å². The highest BCUT2D eigenvalue weighted by molar-refractivity contribution is 6.80. The van der Waals surface area contributed by atoms with Crippen molar-refractivity contribution in [1.82, 2.24) is 0 Å². The second-order valence-electron chi connectivity index (χ2n) is 23.7. The maximum absolute atomic E-state index is 6.61. The Balaban J connectivity index is 1.51. The van der Waals surface area contributed by atoms with E-state index in [1.54, 1.807) is 16.7 Å². The molecular formula is C56H84OSi. The molecule has 0 bridgehead atoms. The summed E-state index contributed by atoms with van der Waals surface area (Å²) >= 11 is 0. The van der Waals surface area contributed by atoms with Crippen LogP contribution in [0.4, 0.5) is 0 Å². The van der Waals surface area contributed by atoms with Gasteiger partial charge in [0, 0.05) is 5.57 Å². The Morgan fingerprint density at radius 2 is 0.897 bits per heavy atom. The summed E-state index contributed by atoms with van der Waals surface area (Å²) in [5, 5.41) is 0. The monoisotopic (exact) mass is 801 g/mol. The van der Waals surface area contributed by atoms with E-state index in [2.05, 4.69) is 179 Å². The van der Waals surface area contributed by atoms with Gasteiger partial charge in [0.1, 0.15) is 5.76 Å². The third kappa shape index (κ3) is 8.00. The van der Waals surface area contributed by atoms with E-state index < -0.39 is 8.07 Å². The predicted molar refractivity (Wildman–Crippen MR) is 257 cm³/mol. The Hall–Kier alpha value is -2.58. The van der Waals surface area contributed by atoms with Gasteiger partial charge in [-0.15, -0.1) is 0 Å². The van der Waals surface area contributed by atoms with Crippen LogP contribution in [0.1, 0.15) is 188 Å². The highest BCUT2D eigenvalue weighted by atomic mass is 28.3. The number of ether oxygens (including phenoxy) is 1. The van der Waals surface area contributed by atoms with Gasteiger partial charge >= 0.3 is 0 Å². The van der Waals surface area contributed by atoms with Crippen LogP contribution in [0.5, 0.6) is 0 Å². The SMILES string of the molecule is COC1=C(c2cc(C(C)C)cc(C(C)C)c2)C2CC(C)C([Si](C)(C)C3C(C)CC4C(c5cc(C(C)C)cc(C(C)C)c5)=C(C)C(C(C)(C)C)=CC43)C2C=C1C(C)(C)C. The van der Waals surface area contributed by atoms with Crippen molar-refractivity contribution in [3.63, 3.8) is 0 Å². The van der Waals surface area contributed by atoms with E-state index in [0.29, 0.717) is 64.7 Å². The quantitative estimate of drug-likeness (QED) is 0.230. The summed E-state index contributed by atoms with van der Waals surface area (Å²) < 4.78 is 6.61. The molecule has 2 aromatic carbocycles. The van der Waals surface area contributed by atoms with Gasteiger partial charge in [0.2, 0.25) is 0 Å². The molecule has 6 rings (SSSR count). The highest BCUT2D eigenvalue weighted by Gasteiger charge is 2.59. The Labute approximate surface area is 358 Å². The molecule has 1 nitrogen and oxygen atoms in total. The molecule has 4 aliphatic rings. The average molecular weight is 801 g/mol. The van der Waals surface area contributed by atoms with E-state index in [1.807, 2.05) is 7.11 Å². The molecule has 0 radical (unpaired) electrons. The predicted octanol–water partition coefficient (Wildman–Crippen LogP) is 17.0. The van der Waals surface area contributed by atoms with Crippen molar-refractivity contribution in [3.8, 4) is 0 Å². The van der Waals surface area contributed by atoms with Gasteiger partial charge in [0.25, 0.3) is 0 Å². The smallest absolute Gasteiger partial charge is 0.126 e. The average Bonchev–Trinajstić information content (AvgIpc) is 3.64. The van der Waals surface area contributed by atoms with Gasteiger partial charge in [-0.2, -0.15) is 0 Å². The van der Waals surface area contributed by atoms with Gasteiger partial charge in [0.15, 0.2) is 0 Å². The third-order valence-electron chi connectivity index (χ3n) is 15.8. The van der Waals surface area contributed by atoms with E-state index in [0.717, 1.165) is 11.3 Å². The van der Waals surface area contributed by atoms with Gasteiger partial charge < -0.3 is 4.74 Å². The molecule has 0 amide bonds. The summed E-state index contributed by atoms with van der Waals surface area (Å²) in [7, 11) is -0.0223. The fourth-order valence-corrected chi connectivity index (χ4v) is 19.4. The summed E-state index contributed by atoms with van der Waals surface area (Å²) in [6.45, 7) is 47.0. The van der Waals surface area contributed by atoms with E-state index in [4.69, 9.17) is 4.74 Å². The fourth-order valence-electron chi connectivity index (χ4n) is 13.1. The molecule has 318 valence electrons. The second kappa shape index (κ2) is 16.0. The van der Waals surface area contributed by atoms with Crippen LogP contribution in [0.15, 0.2) is 71.0 Å². The molecule has 2 saturated carbocycles. The number of methoxy groups -OCH3 is 1. The molecule has 8 unspecified atom stereocenters. The van der Waals surface area contributed by atoms with E-state index in [1.165, 1.54) is 57.4 Å². The van der Waals surface area contributed by atoms with E-state index >= 15 is 0 Å². The molecule has 0 spiro atoms. The van der Waals surface area contributed by atoms with Crippen molar-refractivity contribution in [2.45, 2.75) is 178 Å². The molecule has 0 heterocycles. The Bertz CT molecular complexity index is 1940. The van der Waals surface area contributed by atoms with Crippen molar-refractivity contribution in [3.05, 3.63) is 104 Å². The van der Waals surface area contributed by atoms with Gasteiger partial charge in [-0.3, -0.25) is 0 Å². The molecule has 2 fully saturated rings. The van der Waals surface area contributed by atoms with Crippen LogP contribution in [0.2, 0.25) is 24.2 Å². The van der Waals surface area contributed by atoms with Crippen LogP contribution in [0, 0.1) is 46.3 Å². The molecule has 58 heavy (non-hydrogen) atoms. The lowest BCUT2D eigenvalue weighted by atomic mass is 9.69. The first kappa shape index (κ1) is 45.0. The first-order chi connectivity index (χ1) is 26.8. The zero-order valence-electron chi connectivity index (χ0n) is 40.9. The van der Waals surface area contributed by atoms with Crippen LogP contribution in [-0.4, -0.2) is 15.2 Å². The Morgan fingerprint density at radius 3 is 1.24 bits per heavy atom. The second-order valence-corrected chi connectivity index (χ2v) is 28.7.